The molecule has 2 unspecified atom stereocenters. The van der Waals surface area contributed by atoms with Gasteiger partial charge in [0.15, 0.2) is 17.2 Å². The number of aromatic nitrogens is 5. The first-order chi connectivity index (χ1) is 20.2. The summed E-state index contributed by atoms with van der Waals surface area (Å²) in [6.07, 6.45) is 3.99. The first kappa shape index (κ1) is 31.9. The molecular weight excluding hydrogens is 560 g/mol. The number of carbonyl (C=O) groups is 3. The van der Waals surface area contributed by atoms with Crippen LogP contribution in [0.2, 0.25) is 0 Å². The van der Waals surface area contributed by atoms with Gasteiger partial charge in [0, 0.05) is 42.4 Å². The number of fused-ring (bicyclic) bond motifs is 1. The summed E-state index contributed by atoms with van der Waals surface area (Å²) in [5.41, 5.74) is -0.995. The first-order valence-corrected chi connectivity index (χ1v) is 14.1. The van der Waals surface area contributed by atoms with Gasteiger partial charge in [-0.2, -0.15) is 0 Å². The Morgan fingerprint density at radius 2 is 1.88 bits per heavy atom. The number of hydrogen-bond acceptors (Lipinski definition) is 10. The van der Waals surface area contributed by atoms with E-state index in [4.69, 9.17) is 9.84 Å². The van der Waals surface area contributed by atoms with Crippen molar-refractivity contribution in [2.45, 2.75) is 70.4 Å². The molecule has 232 valence electrons. The molecule has 3 aromatic heterocycles. The van der Waals surface area contributed by atoms with Crippen molar-refractivity contribution in [1.29, 1.82) is 0 Å². The van der Waals surface area contributed by atoms with Gasteiger partial charge in [-0.05, 0) is 58.7 Å². The highest BCUT2D eigenvalue weighted by Gasteiger charge is 2.52. The van der Waals surface area contributed by atoms with Crippen molar-refractivity contribution in [1.82, 2.24) is 29.8 Å². The number of nitrogens with one attached hydrogen (secondary N) is 1. The van der Waals surface area contributed by atoms with Crippen LogP contribution in [0.4, 0.5) is 0 Å². The Labute approximate surface area is 248 Å². The van der Waals surface area contributed by atoms with Crippen LogP contribution in [0, 0.1) is 12.3 Å². The summed E-state index contributed by atoms with van der Waals surface area (Å²) in [4.78, 5) is 57.6. The number of aryl methyl sites for hydroxylation is 2. The molecule has 5 N–H and O–H groups in total. The van der Waals surface area contributed by atoms with Crippen LogP contribution in [0.5, 0.6) is 0 Å². The van der Waals surface area contributed by atoms with Gasteiger partial charge in [0.2, 0.25) is 0 Å². The quantitative estimate of drug-likeness (QED) is 0.180. The van der Waals surface area contributed by atoms with E-state index in [2.05, 4.69) is 49.7 Å². The van der Waals surface area contributed by atoms with Gasteiger partial charge in [0.1, 0.15) is 17.2 Å². The summed E-state index contributed by atoms with van der Waals surface area (Å²) in [5.74, 6) is -7.71. The second-order valence-electron chi connectivity index (χ2n) is 11.8. The Bertz CT molecular complexity index is 1490. The molecule has 3 aromatic rings. The van der Waals surface area contributed by atoms with Crippen LogP contribution in [-0.4, -0.2) is 100 Å². The molecule has 1 aliphatic rings. The lowest BCUT2D eigenvalue weighted by atomic mass is 9.82. The number of carboxylic acid groups (broad SMARTS) is 3. The van der Waals surface area contributed by atoms with Crippen LogP contribution in [0.1, 0.15) is 68.9 Å². The van der Waals surface area contributed by atoms with E-state index in [1.165, 1.54) is 6.20 Å². The predicted octanol–water partition coefficient (Wildman–Crippen LogP) is 2.11. The third kappa shape index (κ3) is 6.65. The molecule has 0 radical (unpaired) electrons. The number of ether oxygens (including phenoxy) is 1. The van der Waals surface area contributed by atoms with E-state index in [-0.39, 0.29) is 16.6 Å². The number of hydrogen-bond donors (Lipinski definition) is 5. The topological polar surface area (TPSA) is 212 Å². The molecule has 1 aliphatic heterocycles. The molecule has 4 heterocycles. The Balaban J connectivity index is 1.56. The zero-order valence-corrected chi connectivity index (χ0v) is 24.7. The number of pyridine rings is 1. The Hall–Kier alpha value is -4.01. The van der Waals surface area contributed by atoms with E-state index in [0.29, 0.717) is 31.0 Å². The monoisotopic (exact) mass is 598 g/mol. The highest BCUT2D eigenvalue weighted by atomic mass is 16.5. The van der Waals surface area contributed by atoms with Crippen molar-refractivity contribution in [3.05, 3.63) is 47.4 Å². The maximum atomic E-state index is 12.0. The van der Waals surface area contributed by atoms with Gasteiger partial charge >= 0.3 is 17.9 Å². The molecule has 1 saturated heterocycles. The Kier molecular flexibility index (Phi) is 9.13. The molecule has 43 heavy (non-hydrogen) atoms. The van der Waals surface area contributed by atoms with Gasteiger partial charge < -0.3 is 30.1 Å². The standard InChI is InChI=1S/C29H38N6O8/c1-5-43-16-28(10-11-35(15-28)27(3,4)18-7-6-17(2)30-13-18)9-8-20-32-19-14-31-24(34-23(19)33-20)22(25(38)39)29(42,26(40)41)12-21(36)37/h6-7,13-14,22,42H,5,8-12,15-16H2,1-4H3,(H,36,37)(H,38,39)(H,40,41)(H,31,32,33,34)/t22?,28?,29-/m1/s1. The Morgan fingerprint density at radius 1 is 1.14 bits per heavy atom. The Morgan fingerprint density at radius 3 is 2.49 bits per heavy atom. The van der Waals surface area contributed by atoms with Crippen molar-refractivity contribution >= 4 is 29.1 Å². The lowest BCUT2D eigenvalue weighted by Crippen LogP contribution is -2.49. The number of likely N-dealkylation sites (tertiary alicyclic amines) is 1. The van der Waals surface area contributed by atoms with Crippen LogP contribution in [0.15, 0.2) is 24.5 Å². The number of carboxylic acids is 3. The molecular formula is C29H38N6O8. The fourth-order valence-electron chi connectivity index (χ4n) is 5.71. The SMILES string of the molecule is CCOCC1(CCc2nc3nc(C(C(=O)O)[C@](O)(CC(=O)O)C(=O)O)ncc3[nH]2)CCN(C(C)(C)c2ccc(C)nc2)C1. The van der Waals surface area contributed by atoms with Crippen molar-refractivity contribution in [2.75, 3.05) is 26.3 Å². The van der Waals surface area contributed by atoms with Crippen LogP contribution in [0.25, 0.3) is 11.2 Å². The molecule has 1 fully saturated rings. The maximum absolute atomic E-state index is 12.0. The summed E-state index contributed by atoms with van der Waals surface area (Å²) < 4.78 is 5.93. The average molecular weight is 599 g/mol. The molecule has 0 aliphatic carbocycles. The minimum absolute atomic E-state index is 0.0780. The molecule has 4 rings (SSSR count). The number of rotatable bonds is 14. The van der Waals surface area contributed by atoms with Crippen LogP contribution in [0.3, 0.4) is 0 Å². The lowest BCUT2D eigenvalue weighted by Gasteiger charge is -2.38. The third-order valence-corrected chi connectivity index (χ3v) is 8.43. The van der Waals surface area contributed by atoms with Gasteiger partial charge in [0.05, 0.1) is 19.2 Å². The van der Waals surface area contributed by atoms with Crippen molar-refractivity contribution < 1.29 is 39.5 Å². The highest BCUT2D eigenvalue weighted by molar-refractivity contribution is 5.92. The van der Waals surface area contributed by atoms with E-state index in [9.17, 15) is 29.7 Å². The molecule has 14 heteroatoms. The molecule has 3 atom stereocenters. The minimum atomic E-state index is -3.17. The summed E-state index contributed by atoms with van der Waals surface area (Å²) in [7, 11) is 0. The van der Waals surface area contributed by atoms with Crippen molar-refractivity contribution in [3.63, 3.8) is 0 Å². The van der Waals surface area contributed by atoms with E-state index in [1.807, 2.05) is 26.1 Å². The molecule has 0 bridgehead atoms. The van der Waals surface area contributed by atoms with E-state index >= 15 is 0 Å². The molecule has 0 saturated carbocycles. The van der Waals surface area contributed by atoms with Gasteiger partial charge in [-0.15, -0.1) is 0 Å². The van der Waals surface area contributed by atoms with Gasteiger partial charge in [-0.3, -0.25) is 19.5 Å². The number of aliphatic carboxylic acids is 3. The summed E-state index contributed by atoms with van der Waals surface area (Å²) in [6.45, 7) is 11.2. The van der Waals surface area contributed by atoms with Crippen LogP contribution >= 0.6 is 0 Å². The van der Waals surface area contributed by atoms with Crippen molar-refractivity contribution in [2.24, 2.45) is 5.41 Å². The lowest BCUT2D eigenvalue weighted by molar-refractivity contribution is -0.173. The van der Waals surface area contributed by atoms with Crippen LogP contribution in [-0.2, 0) is 31.1 Å². The van der Waals surface area contributed by atoms with Gasteiger partial charge in [-0.25, -0.2) is 19.7 Å². The largest absolute Gasteiger partial charge is 0.481 e. The fraction of sp³-hybridized carbons (Fsp3) is 0.552. The van der Waals surface area contributed by atoms with Crippen LogP contribution < -0.4 is 0 Å². The minimum Gasteiger partial charge on any atom is -0.481 e. The van der Waals surface area contributed by atoms with Gasteiger partial charge in [-0.1, -0.05) is 6.07 Å². The number of H-pyrrole nitrogens is 1. The van der Waals surface area contributed by atoms with Gasteiger partial charge in [0.25, 0.3) is 0 Å². The number of aliphatic hydroxyl groups is 1. The number of aromatic amines is 1. The zero-order chi connectivity index (χ0) is 31.6. The number of imidazole rings is 1. The molecule has 0 amide bonds. The second-order valence-corrected chi connectivity index (χ2v) is 11.8. The first-order valence-electron chi connectivity index (χ1n) is 14.1. The molecule has 0 aromatic carbocycles. The zero-order valence-electron chi connectivity index (χ0n) is 24.7. The normalized spacial score (nSPS) is 19.7. The summed E-state index contributed by atoms with van der Waals surface area (Å²) >= 11 is 0. The highest BCUT2D eigenvalue weighted by Crippen LogP contribution is 2.41. The third-order valence-electron chi connectivity index (χ3n) is 8.43. The maximum Gasteiger partial charge on any atom is 0.337 e. The fourth-order valence-corrected chi connectivity index (χ4v) is 5.71. The van der Waals surface area contributed by atoms with E-state index in [0.717, 1.165) is 37.2 Å². The second kappa shape index (κ2) is 12.3. The van der Waals surface area contributed by atoms with E-state index in [1.54, 1.807) is 0 Å². The summed E-state index contributed by atoms with van der Waals surface area (Å²) in [5, 5.41) is 39.0. The average Bonchev–Trinajstić information content (AvgIpc) is 3.55. The molecule has 0 spiro atoms. The van der Waals surface area contributed by atoms with E-state index < -0.39 is 41.7 Å². The molecule has 14 nitrogen and oxygen atoms in total. The van der Waals surface area contributed by atoms with Crippen molar-refractivity contribution in [3.8, 4) is 0 Å². The summed E-state index contributed by atoms with van der Waals surface area (Å²) in [6, 6.07) is 4.13. The number of nitrogens with zero attached hydrogens (tertiary/aromatic N) is 5. The smallest absolute Gasteiger partial charge is 0.337 e. The predicted molar refractivity (Wildman–Crippen MR) is 152 cm³/mol.